The van der Waals surface area contributed by atoms with Crippen LogP contribution in [0.1, 0.15) is 29.6 Å². The van der Waals surface area contributed by atoms with Crippen molar-refractivity contribution in [2.75, 3.05) is 52.8 Å². The number of methoxy groups -OCH3 is 2. The molecule has 0 aromatic carbocycles. The molecule has 0 spiro atoms. The number of carbonyl (C=O) groups is 2. The predicted octanol–water partition coefficient (Wildman–Crippen LogP) is 0.867. The van der Waals surface area contributed by atoms with E-state index in [2.05, 4.69) is 10.3 Å². The second kappa shape index (κ2) is 10.9. The number of nitrogens with one attached hydrogen (secondary N) is 1. The van der Waals surface area contributed by atoms with Crippen LogP contribution in [0.25, 0.3) is 0 Å². The molecule has 1 aromatic heterocycles. The molecule has 2 aliphatic rings. The van der Waals surface area contributed by atoms with Gasteiger partial charge in [0.2, 0.25) is 5.88 Å². The Bertz CT molecular complexity index is 789. The average Bonchev–Trinajstić information content (AvgIpc) is 2.76. The molecule has 3 rings (SSSR count). The highest BCUT2D eigenvalue weighted by atomic mass is 35.5. The maximum absolute atomic E-state index is 12.8. The van der Waals surface area contributed by atoms with Gasteiger partial charge in [0.15, 0.2) is 0 Å². The van der Waals surface area contributed by atoms with Crippen LogP contribution in [0.4, 0.5) is 5.82 Å². The number of aromatic nitrogens is 1. The Balaban J connectivity index is 1.55. The van der Waals surface area contributed by atoms with Crippen molar-refractivity contribution < 1.29 is 28.5 Å². The molecule has 0 aliphatic carbocycles. The Morgan fingerprint density at radius 1 is 1.32 bits per heavy atom. The van der Waals surface area contributed by atoms with Gasteiger partial charge < -0.3 is 30.0 Å². The zero-order chi connectivity index (χ0) is 22.4. The first-order valence-electron chi connectivity index (χ1n) is 10.2. The van der Waals surface area contributed by atoms with Crippen LogP contribution in [0.2, 0.25) is 5.02 Å². The van der Waals surface area contributed by atoms with E-state index in [0.29, 0.717) is 32.7 Å². The van der Waals surface area contributed by atoms with Crippen molar-refractivity contribution in [2.45, 2.75) is 37.5 Å². The Morgan fingerprint density at radius 3 is 2.74 bits per heavy atom. The number of halogens is 1. The van der Waals surface area contributed by atoms with E-state index in [0.717, 1.165) is 12.8 Å². The second-order valence-electron chi connectivity index (χ2n) is 7.59. The summed E-state index contributed by atoms with van der Waals surface area (Å²) in [6.07, 6.45) is 1.69. The molecular formula is C20H29ClN4O6. The highest BCUT2D eigenvalue weighted by molar-refractivity contribution is 6.33. The van der Waals surface area contributed by atoms with Crippen LogP contribution in [0.5, 0.6) is 5.88 Å². The summed E-state index contributed by atoms with van der Waals surface area (Å²) in [4.78, 5) is 31.1. The van der Waals surface area contributed by atoms with Crippen LogP contribution in [-0.2, 0) is 19.0 Å². The molecule has 1 aromatic rings. The van der Waals surface area contributed by atoms with E-state index < -0.39 is 0 Å². The fraction of sp³-hybridized carbons (Fsp3) is 0.650. The van der Waals surface area contributed by atoms with Crippen molar-refractivity contribution in [3.05, 3.63) is 16.7 Å². The van der Waals surface area contributed by atoms with E-state index in [1.54, 1.807) is 7.11 Å². The summed E-state index contributed by atoms with van der Waals surface area (Å²) in [5.41, 5.74) is 5.88. The van der Waals surface area contributed by atoms with Gasteiger partial charge in [-0.05, 0) is 12.5 Å². The molecule has 0 bridgehead atoms. The molecule has 2 atom stereocenters. The first kappa shape index (κ1) is 23.5. The third-order valence-electron chi connectivity index (χ3n) is 5.49. The monoisotopic (exact) mass is 456 g/mol. The molecule has 1 amide bonds. The zero-order valence-corrected chi connectivity index (χ0v) is 18.5. The number of nitrogen functional groups attached to an aromatic ring is 1. The van der Waals surface area contributed by atoms with Crippen LogP contribution in [0, 0.1) is 0 Å². The van der Waals surface area contributed by atoms with Gasteiger partial charge in [-0.15, -0.1) is 0 Å². The van der Waals surface area contributed by atoms with Crippen molar-refractivity contribution in [2.24, 2.45) is 0 Å². The largest absolute Gasteiger partial charge is 0.480 e. The normalized spacial score (nSPS) is 22.7. The molecule has 31 heavy (non-hydrogen) atoms. The summed E-state index contributed by atoms with van der Waals surface area (Å²) >= 11 is 6.02. The minimum atomic E-state index is -0.384. The van der Waals surface area contributed by atoms with Crippen molar-refractivity contribution in [3.63, 3.8) is 0 Å². The van der Waals surface area contributed by atoms with Gasteiger partial charge in [-0.2, -0.15) is 4.98 Å². The van der Waals surface area contributed by atoms with E-state index >= 15 is 0 Å². The van der Waals surface area contributed by atoms with Crippen molar-refractivity contribution in [1.82, 2.24) is 15.2 Å². The maximum Gasteiger partial charge on any atom is 0.320 e. The topological polar surface area (TPSA) is 125 Å². The van der Waals surface area contributed by atoms with Crippen molar-refractivity contribution in [1.29, 1.82) is 0 Å². The number of hydrogen-bond acceptors (Lipinski definition) is 9. The number of piperidine rings is 1. The van der Waals surface area contributed by atoms with Gasteiger partial charge in [-0.3, -0.25) is 14.5 Å². The number of carbonyl (C=O) groups excluding carboxylic acids is 2. The fourth-order valence-corrected chi connectivity index (χ4v) is 3.93. The number of ether oxygens (including phenoxy) is 4. The quantitative estimate of drug-likeness (QED) is 0.574. The number of pyridine rings is 1. The third kappa shape index (κ3) is 6.19. The average molecular weight is 457 g/mol. The summed E-state index contributed by atoms with van der Waals surface area (Å²) < 4.78 is 21.6. The lowest BCUT2D eigenvalue weighted by Crippen LogP contribution is -2.55. The van der Waals surface area contributed by atoms with Crippen molar-refractivity contribution >= 4 is 29.3 Å². The zero-order valence-electron chi connectivity index (χ0n) is 17.8. The van der Waals surface area contributed by atoms with Gasteiger partial charge >= 0.3 is 5.97 Å². The van der Waals surface area contributed by atoms with Gasteiger partial charge in [-0.25, -0.2) is 0 Å². The maximum atomic E-state index is 12.8. The summed E-state index contributed by atoms with van der Waals surface area (Å²) in [7, 11) is 2.98. The van der Waals surface area contributed by atoms with Crippen LogP contribution in [-0.4, -0.2) is 87.1 Å². The van der Waals surface area contributed by atoms with E-state index in [1.165, 1.54) is 13.2 Å². The molecule has 3 heterocycles. The standard InChI is InChI=1S/C20H29ClN4O6/c1-28-16-10-25(11-17(26)31-12-4-7-30-8-5-12)6-3-15(16)23-19(27)13-9-14(21)18(22)24-20(13)29-2/h9,12,15-16H,3-8,10-11H2,1-2H3,(H2,22,24)(H,23,27)/t15-,16+/m0/s1. The molecule has 3 N–H and O–H groups in total. The number of anilines is 1. The second-order valence-corrected chi connectivity index (χ2v) is 8.00. The minimum Gasteiger partial charge on any atom is -0.480 e. The predicted molar refractivity (Wildman–Crippen MR) is 113 cm³/mol. The molecule has 0 unspecified atom stereocenters. The number of rotatable bonds is 7. The van der Waals surface area contributed by atoms with E-state index in [4.69, 9.17) is 36.3 Å². The number of hydrogen-bond donors (Lipinski definition) is 2. The number of amides is 1. The Hall–Kier alpha value is -2.14. The molecule has 172 valence electrons. The van der Waals surface area contributed by atoms with Gasteiger partial charge in [0, 0.05) is 33.0 Å². The molecule has 10 nitrogen and oxygen atoms in total. The fourth-order valence-electron chi connectivity index (χ4n) is 3.78. The summed E-state index contributed by atoms with van der Waals surface area (Å²) in [6.45, 7) is 2.53. The smallest absolute Gasteiger partial charge is 0.320 e. The number of likely N-dealkylation sites (tertiary alicyclic amines) is 1. The first-order chi connectivity index (χ1) is 14.9. The van der Waals surface area contributed by atoms with Crippen molar-refractivity contribution in [3.8, 4) is 5.88 Å². The summed E-state index contributed by atoms with van der Waals surface area (Å²) in [5, 5.41) is 3.13. The van der Waals surface area contributed by atoms with Crippen LogP contribution >= 0.6 is 11.6 Å². The molecular weight excluding hydrogens is 428 g/mol. The highest BCUT2D eigenvalue weighted by Gasteiger charge is 2.33. The molecule has 0 saturated carbocycles. The van der Waals surface area contributed by atoms with Crippen LogP contribution < -0.4 is 15.8 Å². The molecule has 2 fully saturated rings. The van der Waals surface area contributed by atoms with E-state index in [9.17, 15) is 9.59 Å². The molecule has 11 heteroatoms. The lowest BCUT2D eigenvalue weighted by Gasteiger charge is -2.37. The van der Waals surface area contributed by atoms with Crippen LogP contribution in [0.15, 0.2) is 6.07 Å². The Morgan fingerprint density at radius 2 is 2.06 bits per heavy atom. The highest BCUT2D eigenvalue weighted by Crippen LogP contribution is 2.25. The van der Waals surface area contributed by atoms with Gasteiger partial charge in [0.1, 0.15) is 17.5 Å². The van der Waals surface area contributed by atoms with Crippen LogP contribution in [0.3, 0.4) is 0 Å². The first-order valence-corrected chi connectivity index (χ1v) is 10.6. The lowest BCUT2D eigenvalue weighted by atomic mass is 10.0. The minimum absolute atomic E-state index is 0.0772. The van der Waals surface area contributed by atoms with E-state index in [-0.39, 0.29) is 59.0 Å². The Labute approximate surface area is 186 Å². The SMILES string of the molecule is COc1nc(N)c(Cl)cc1C(=O)N[C@H]1CCN(CC(=O)OC2CCOCC2)C[C@H]1OC. The number of nitrogens with zero attached hydrogens (tertiary/aromatic N) is 2. The van der Waals surface area contributed by atoms with Gasteiger partial charge in [0.25, 0.3) is 5.91 Å². The molecule has 2 saturated heterocycles. The molecule has 2 aliphatic heterocycles. The lowest BCUT2D eigenvalue weighted by molar-refractivity contribution is -0.155. The third-order valence-corrected chi connectivity index (χ3v) is 5.79. The summed E-state index contributed by atoms with van der Waals surface area (Å²) in [6, 6.07) is 1.18. The molecule has 0 radical (unpaired) electrons. The number of nitrogens with two attached hydrogens (primary N) is 1. The van der Waals surface area contributed by atoms with E-state index in [1.807, 2.05) is 4.90 Å². The Kier molecular flexibility index (Phi) is 8.30. The van der Waals surface area contributed by atoms with Gasteiger partial charge in [0.05, 0.1) is 44.0 Å². The van der Waals surface area contributed by atoms with Gasteiger partial charge in [-0.1, -0.05) is 11.6 Å². The number of esters is 1. The summed E-state index contributed by atoms with van der Waals surface area (Å²) in [5.74, 6) is -0.449.